The van der Waals surface area contributed by atoms with E-state index in [0.717, 1.165) is 31.3 Å². The molecule has 0 saturated carbocycles. The van der Waals surface area contributed by atoms with E-state index in [1.807, 2.05) is 6.07 Å². The minimum Gasteiger partial charge on any atom is -0.347 e. The van der Waals surface area contributed by atoms with Crippen LogP contribution in [0.25, 0.3) is 10.2 Å². The van der Waals surface area contributed by atoms with Crippen LogP contribution in [-0.4, -0.2) is 36.1 Å². The van der Waals surface area contributed by atoms with E-state index < -0.39 is 0 Å². The summed E-state index contributed by atoms with van der Waals surface area (Å²) < 4.78 is 0. The fourth-order valence-corrected chi connectivity index (χ4v) is 5.05. The number of rotatable bonds is 3. The van der Waals surface area contributed by atoms with Gasteiger partial charge in [0.15, 0.2) is 0 Å². The lowest BCUT2D eigenvalue weighted by atomic mass is 10.1. The number of benzene rings is 1. The van der Waals surface area contributed by atoms with Crippen LogP contribution < -0.4 is 20.9 Å². The molecule has 0 unspecified atom stereocenters. The van der Waals surface area contributed by atoms with Crippen LogP contribution in [0.3, 0.4) is 0 Å². The van der Waals surface area contributed by atoms with Crippen molar-refractivity contribution in [3.63, 3.8) is 0 Å². The van der Waals surface area contributed by atoms with Gasteiger partial charge in [0.25, 0.3) is 5.91 Å². The van der Waals surface area contributed by atoms with E-state index in [9.17, 15) is 9.59 Å². The minimum absolute atomic E-state index is 0.0864. The fraction of sp³-hybridized carbons (Fsp3) is 0.250. The molecule has 1 fully saturated rings. The summed E-state index contributed by atoms with van der Waals surface area (Å²) in [4.78, 5) is 33.1. The van der Waals surface area contributed by atoms with Gasteiger partial charge in [-0.3, -0.25) is 9.69 Å². The Bertz CT molecular complexity index is 1130. The Morgan fingerprint density at radius 2 is 2.24 bits per heavy atom. The van der Waals surface area contributed by atoms with E-state index in [1.54, 1.807) is 35.4 Å². The summed E-state index contributed by atoms with van der Waals surface area (Å²) in [5.74, 6) is -0.181. The van der Waals surface area contributed by atoms with Crippen LogP contribution in [-0.2, 0) is 0 Å². The molecule has 0 radical (unpaired) electrons. The van der Waals surface area contributed by atoms with Gasteiger partial charge in [-0.2, -0.15) is 0 Å². The lowest BCUT2D eigenvalue weighted by Gasteiger charge is -2.28. The number of carbonyl (C=O) groups excluding carboxylic acids is 2. The molecule has 7 nitrogen and oxygen atoms in total. The molecule has 3 aromatic rings. The molecule has 2 aliphatic heterocycles. The molecule has 5 rings (SSSR count). The van der Waals surface area contributed by atoms with Gasteiger partial charge in [0, 0.05) is 23.8 Å². The van der Waals surface area contributed by atoms with Crippen LogP contribution in [0.1, 0.15) is 22.5 Å². The first-order valence-electron chi connectivity index (χ1n) is 9.41. The average Bonchev–Trinajstić information content (AvgIpc) is 3.09. The lowest BCUT2D eigenvalue weighted by Crippen LogP contribution is -2.45. The highest BCUT2D eigenvalue weighted by Gasteiger charge is 2.33. The van der Waals surface area contributed by atoms with Crippen LogP contribution in [0.15, 0.2) is 36.5 Å². The van der Waals surface area contributed by atoms with Crippen LogP contribution in [0.4, 0.5) is 21.9 Å². The second-order valence-electron chi connectivity index (χ2n) is 7.08. The van der Waals surface area contributed by atoms with Crippen molar-refractivity contribution in [2.45, 2.75) is 18.9 Å². The third-order valence-corrected chi connectivity index (χ3v) is 6.48. The number of nitrogens with one attached hydrogen (secondary N) is 3. The second-order valence-corrected chi connectivity index (χ2v) is 8.51. The van der Waals surface area contributed by atoms with Crippen molar-refractivity contribution in [1.82, 2.24) is 15.6 Å². The van der Waals surface area contributed by atoms with Crippen LogP contribution in [0.2, 0.25) is 5.02 Å². The van der Waals surface area contributed by atoms with Gasteiger partial charge >= 0.3 is 6.03 Å². The Hall–Kier alpha value is -2.68. The molecule has 148 valence electrons. The van der Waals surface area contributed by atoms with Crippen molar-refractivity contribution in [3.05, 3.63) is 46.4 Å². The predicted molar refractivity (Wildman–Crippen MR) is 116 cm³/mol. The molecule has 2 aromatic heterocycles. The summed E-state index contributed by atoms with van der Waals surface area (Å²) in [6, 6.07) is 8.64. The molecule has 29 heavy (non-hydrogen) atoms. The number of hydrogen-bond acceptors (Lipinski definition) is 5. The van der Waals surface area contributed by atoms with Gasteiger partial charge in [0.2, 0.25) is 0 Å². The zero-order chi connectivity index (χ0) is 20.0. The molecule has 2 aliphatic rings. The molecule has 3 N–H and O–H groups in total. The molecule has 1 aromatic carbocycles. The summed E-state index contributed by atoms with van der Waals surface area (Å²) in [6.45, 7) is 1.73. The summed E-state index contributed by atoms with van der Waals surface area (Å²) in [7, 11) is 0. The monoisotopic (exact) mass is 427 g/mol. The van der Waals surface area contributed by atoms with E-state index in [0.29, 0.717) is 31.8 Å². The van der Waals surface area contributed by atoms with Crippen molar-refractivity contribution in [1.29, 1.82) is 0 Å². The number of nitrogens with zero attached hydrogens (tertiary/aromatic N) is 2. The maximum absolute atomic E-state index is 13.0. The normalized spacial score (nSPS) is 18.6. The van der Waals surface area contributed by atoms with E-state index in [2.05, 4.69) is 20.9 Å². The molecule has 1 saturated heterocycles. The van der Waals surface area contributed by atoms with Gasteiger partial charge in [0.1, 0.15) is 9.71 Å². The molecule has 0 bridgehead atoms. The van der Waals surface area contributed by atoms with Crippen LogP contribution in [0.5, 0.6) is 0 Å². The summed E-state index contributed by atoms with van der Waals surface area (Å²) in [5.41, 5.74) is 1.86. The smallest absolute Gasteiger partial charge is 0.331 e. The van der Waals surface area contributed by atoms with Gasteiger partial charge in [-0.1, -0.05) is 17.7 Å². The van der Waals surface area contributed by atoms with Crippen LogP contribution >= 0.6 is 22.9 Å². The topological polar surface area (TPSA) is 86.4 Å². The highest BCUT2D eigenvalue weighted by atomic mass is 35.5. The lowest BCUT2D eigenvalue weighted by molar-refractivity contribution is 0.0935. The Labute approximate surface area is 176 Å². The van der Waals surface area contributed by atoms with Gasteiger partial charge in [-0.05, 0) is 43.7 Å². The maximum Gasteiger partial charge on any atom is 0.331 e. The number of thiophene rings is 1. The Morgan fingerprint density at radius 1 is 1.34 bits per heavy atom. The summed E-state index contributed by atoms with van der Waals surface area (Å²) >= 11 is 7.42. The summed E-state index contributed by atoms with van der Waals surface area (Å²) in [6.07, 6.45) is 3.62. The molecule has 0 aliphatic carbocycles. The third kappa shape index (κ3) is 3.23. The zero-order valence-corrected chi connectivity index (χ0v) is 16.9. The summed E-state index contributed by atoms with van der Waals surface area (Å²) in [5, 5.41) is 10.6. The van der Waals surface area contributed by atoms with Crippen molar-refractivity contribution >= 4 is 62.2 Å². The molecular formula is C20H18ClN5O2S. The third-order valence-electron chi connectivity index (χ3n) is 5.15. The van der Waals surface area contributed by atoms with Gasteiger partial charge < -0.3 is 16.0 Å². The first-order valence-corrected chi connectivity index (χ1v) is 10.6. The zero-order valence-electron chi connectivity index (χ0n) is 15.4. The SMILES string of the molecule is O=C(N[C@@H]1CCCNC1)c1sc2nccc3c2c1NC(=O)N3c1cccc(Cl)c1. The van der Waals surface area contributed by atoms with Crippen molar-refractivity contribution in [2.75, 3.05) is 23.3 Å². The van der Waals surface area contributed by atoms with Gasteiger partial charge in [-0.25, -0.2) is 9.78 Å². The van der Waals surface area contributed by atoms with Crippen molar-refractivity contribution in [2.24, 2.45) is 0 Å². The first-order chi connectivity index (χ1) is 14.1. The quantitative estimate of drug-likeness (QED) is 0.587. The number of carbonyl (C=O) groups is 2. The Morgan fingerprint density at radius 3 is 3.03 bits per heavy atom. The number of piperidine rings is 1. The van der Waals surface area contributed by atoms with E-state index >= 15 is 0 Å². The second kappa shape index (κ2) is 7.29. The van der Waals surface area contributed by atoms with E-state index in [1.165, 1.54) is 11.3 Å². The van der Waals surface area contributed by atoms with E-state index in [-0.39, 0.29) is 18.0 Å². The number of halogens is 1. The van der Waals surface area contributed by atoms with Crippen molar-refractivity contribution < 1.29 is 9.59 Å². The molecule has 1 atom stereocenters. The molecule has 0 spiro atoms. The van der Waals surface area contributed by atoms with Crippen molar-refractivity contribution in [3.8, 4) is 0 Å². The maximum atomic E-state index is 13.0. The largest absolute Gasteiger partial charge is 0.347 e. The molecule has 3 amide bonds. The predicted octanol–water partition coefficient (Wildman–Crippen LogP) is 4.12. The Kier molecular flexibility index (Phi) is 4.61. The minimum atomic E-state index is -0.334. The number of pyridine rings is 1. The number of amides is 3. The average molecular weight is 428 g/mol. The number of aromatic nitrogens is 1. The fourth-order valence-electron chi connectivity index (χ4n) is 3.84. The highest BCUT2D eigenvalue weighted by Crippen LogP contribution is 2.45. The highest BCUT2D eigenvalue weighted by molar-refractivity contribution is 7.21. The first kappa shape index (κ1) is 18.4. The Balaban J connectivity index is 1.57. The van der Waals surface area contributed by atoms with Gasteiger partial charge in [0.05, 0.1) is 22.4 Å². The number of urea groups is 1. The standard InChI is InChI=1S/C20H18ClN5O2S/c21-11-3-1-5-13(9-11)26-14-6-8-23-19-15(14)16(25-20(26)28)17(29-19)18(27)24-12-4-2-7-22-10-12/h1,3,5-6,8-9,12,22H,2,4,7,10H2,(H,24,27)(H,25,28)/t12-/m1/s1. The van der Waals surface area contributed by atoms with E-state index in [4.69, 9.17) is 11.6 Å². The number of anilines is 3. The molecule has 9 heteroatoms. The molecular weight excluding hydrogens is 410 g/mol. The number of hydrogen-bond donors (Lipinski definition) is 3. The molecule has 4 heterocycles. The van der Waals surface area contributed by atoms with Gasteiger partial charge in [-0.15, -0.1) is 11.3 Å². The van der Waals surface area contributed by atoms with Crippen LogP contribution in [0, 0.1) is 0 Å².